The summed E-state index contributed by atoms with van der Waals surface area (Å²) >= 11 is 1.85. The van der Waals surface area contributed by atoms with Gasteiger partial charge in [0.2, 0.25) is 0 Å². The molecular formula is C46H31N3S. The van der Waals surface area contributed by atoms with Crippen molar-refractivity contribution in [2.75, 3.05) is 0 Å². The second kappa shape index (κ2) is 11.0. The van der Waals surface area contributed by atoms with Crippen LogP contribution in [-0.4, -0.2) is 15.0 Å². The van der Waals surface area contributed by atoms with Crippen LogP contribution in [-0.2, 0) is 5.41 Å². The van der Waals surface area contributed by atoms with Gasteiger partial charge in [-0.2, -0.15) is 0 Å². The highest BCUT2D eigenvalue weighted by Gasteiger charge is 2.38. The molecule has 0 aliphatic heterocycles. The van der Waals surface area contributed by atoms with Gasteiger partial charge in [-0.05, 0) is 50.9 Å². The molecule has 236 valence electrons. The fraction of sp³-hybridized carbons (Fsp3) is 0.0652. The number of hydrogen-bond donors (Lipinski definition) is 0. The lowest BCUT2D eigenvalue weighted by Gasteiger charge is -2.24. The van der Waals surface area contributed by atoms with Crippen molar-refractivity contribution in [3.8, 4) is 56.4 Å². The molecule has 0 amide bonds. The Morgan fingerprint density at radius 2 is 1.06 bits per heavy atom. The van der Waals surface area contributed by atoms with Gasteiger partial charge in [0.1, 0.15) is 0 Å². The highest BCUT2D eigenvalue weighted by Crippen LogP contribution is 2.51. The van der Waals surface area contributed by atoms with Crippen LogP contribution >= 0.6 is 11.3 Å². The average Bonchev–Trinajstić information content (AvgIpc) is 3.67. The third-order valence-corrected chi connectivity index (χ3v) is 11.5. The Hall–Kier alpha value is -5.97. The smallest absolute Gasteiger partial charge is 0.164 e. The summed E-state index contributed by atoms with van der Waals surface area (Å²) in [5.74, 6) is 2.02. The van der Waals surface area contributed by atoms with E-state index in [9.17, 15) is 0 Å². The van der Waals surface area contributed by atoms with Gasteiger partial charge in [-0.1, -0.05) is 153 Å². The van der Waals surface area contributed by atoms with Gasteiger partial charge in [-0.3, -0.25) is 0 Å². The fourth-order valence-electron chi connectivity index (χ4n) is 7.87. The van der Waals surface area contributed by atoms with E-state index >= 15 is 0 Å². The molecule has 1 aliphatic rings. The molecule has 2 aromatic heterocycles. The molecule has 10 rings (SSSR count). The van der Waals surface area contributed by atoms with Crippen molar-refractivity contribution in [2.45, 2.75) is 19.3 Å². The van der Waals surface area contributed by atoms with Crippen LogP contribution in [0.4, 0.5) is 0 Å². The lowest BCUT2D eigenvalue weighted by atomic mass is 9.80. The van der Waals surface area contributed by atoms with Gasteiger partial charge in [0, 0.05) is 47.7 Å². The van der Waals surface area contributed by atoms with E-state index in [-0.39, 0.29) is 5.41 Å². The molecule has 3 nitrogen and oxygen atoms in total. The first-order valence-corrected chi connectivity index (χ1v) is 17.8. The fourth-order valence-corrected chi connectivity index (χ4v) is 9.10. The Morgan fingerprint density at radius 1 is 0.440 bits per heavy atom. The first-order valence-electron chi connectivity index (χ1n) is 17.0. The highest BCUT2D eigenvalue weighted by molar-refractivity contribution is 7.26. The normalized spacial score (nSPS) is 13.2. The van der Waals surface area contributed by atoms with Crippen molar-refractivity contribution in [1.29, 1.82) is 0 Å². The zero-order valence-corrected chi connectivity index (χ0v) is 28.5. The molecule has 0 fully saturated rings. The van der Waals surface area contributed by atoms with Gasteiger partial charge in [-0.25, -0.2) is 15.0 Å². The monoisotopic (exact) mass is 657 g/mol. The zero-order chi connectivity index (χ0) is 33.4. The molecule has 2 heterocycles. The maximum Gasteiger partial charge on any atom is 0.164 e. The van der Waals surface area contributed by atoms with Crippen molar-refractivity contribution in [2.24, 2.45) is 0 Å². The molecule has 0 atom stereocenters. The predicted molar refractivity (Wildman–Crippen MR) is 210 cm³/mol. The van der Waals surface area contributed by atoms with Gasteiger partial charge >= 0.3 is 0 Å². The van der Waals surface area contributed by atoms with Crippen molar-refractivity contribution >= 4 is 42.3 Å². The van der Waals surface area contributed by atoms with E-state index in [4.69, 9.17) is 15.0 Å². The van der Waals surface area contributed by atoms with Gasteiger partial charge in [0.25, 0.3) is 0 Å². The van der Waals surface area contributed by atoms with E-state index in [2.05, 4.69) is 159 Å². The predicted octanol–water partition coefficient (Wildman–Crippen LogP) is 12.4. The van der Waals surface area contributed by atoms with Crippen LogP contribution in [0.15, 0.2) is 152 Å². The highest BCUT2D eigenvalue weighted by atomic mass is 32.1. The molecule has 7 aromatic carbocycles. The molecule has 0 saturated carbocycles. The molecular weight excluding hydrogens is 627 g/mol. The third-order valence-electron chi connectivity index (χ3n) is 10.3. The van der Waals surface area contributed by atoms with Crippen LogP contribution in [0.1, 0.15) is 25.0 Å². The molecule has 0 unspecified atom stereocenters. The largest absolute Gasteiger partial charge is 0.208 e. The number of hydrogen-bond acceptors (Lipinski definition) is 4. The van der Waals surface area contributed by atoms with E-state index in [1.54, 1.807) is 0 Å². The van der Waals surface area contributed by atoms with Crippen molar-refractivity contribution in [1.82, 2.24) is 15.0 Å². The maximum absolute atomic E-state index is 5.28. The van der Waals surface area contributed by atoms with Crippen LogP contribution in [0.2, 0.25) is 0 Å². The van der Waals surface area contributed by atoms with Crippen LogP contribution in [0.5, 0.6) is 0 Å². The molecule has 0 spiro atoms. The Morgan fingerprint density at radius 3 is 1.92 bits per heavy atom. The summed E-state index contributed by atoms with van der Waals surface area (Å²) in [7, 11) is 0. The third kappa shape index (κ3) is 4.45. The Labute approximate surface area is 294 Å². The number of rotatable bonds is 4. The van der Waals surface area contributed by atoms with Gasteiger partial charge in [0.15, 0.2) is 17.5 Å². The van der Waals surface area contributed by atoms with E-state index in [1.165, 1.54) is 58.8 Å². The summed E-state index contributed by atoms with van der Waals surface area (Å²) in [5, 5.41) is 5.01. The van der Waals surface area contributed by atoms with E-state index in [0.29, 0.717) is 17.5 Å². The Bertz CT molecular complexity index is 2780. The number of aromatic nitrogens is 3. The lowest BCUT2D eigenvalue weighted by Crippen LogP contribution is -2.17. The average molecular weight is 658 g/mol. The quantitative estimate of drug-likeness (QED) is 0.189. The van der Waals surface area contributed by atoms with Crippen LogP contribution in [0.25, 0.3) is 87.4 Å². The molecule has 0 radical (unpaired) electrons. The second-order valence-corrected chi connectivity index (χ2v) is 14.7. The van der Waals surface area contributed by atoms with Crippen molar-refractivity contribution in [3.05, 3.63) is 163 Å². The van der Waals surface area contributed by atoms with Gasteiger partial charge in [0.05, 0.1) is 0 Å². The summed E-state index contributed by atoms with van der Waals surface area (Å²) < 4.78 is 2.59. The van der Waals surface area contributed by atoms with Gasteiger partial charge in [-0.15, -0.1) is 11.3 Å². The van der Waals surface area contributed by atoms with E-state index < -0.39 is 0 Å². The maximum atomic E-state index is 5.28. The van der Waals surface area contributed by atoms with E-state index in [1.807, 2.05) is 17.4 Å². The first-order chi connectivity index (χ1) is 24.5. The van der Waals surface area contributed by atoms with Gasteiger partial charge < -0.3 is 0 Å². The molecule has 9 aromatic rings. The summed E-state index contributed by atoms with van der Waals surface area (Å²) in [6.45, 7) is 4.62. The van der Waals surface area contributed by atoms with Crippen LogP contribution in [0.3, 0.4) is 0 Å². The SMILES string of the molecule is CC1(C)c2ccccc2-c2cccc(-c3nc(-c4ccc(-c5ccccc5)cc4)nc(-c4ccc5ccc6c7ccccc7sc6c5c4)n3)c21. The summed E-state index contributed by atoms with van der Waals surface area (Å²) in [6, 6.07) is 54.1. The summed E-state index contributed by atoms with van der Waals surface area (Å²) in [4.78, 5) is 15.7. The minimum Gasteiger partial charge on any atom is -0.208 e. The van der Waals surface area contributed by atoms with E-state index in [0.717, 1.165) is 22.3 Å². The summed E-state index contributed by atoms with van der Waals surface area (Å²) in [5.41, 5.74) is 10.2. The molecule has 50 heavy (non-hydrogen) atoms. The molecule has 0 N–H and O–H groups in total. The topological polar surface area (TPSA) is 38.7 Å². The Kier molecular flexibility index (Phi) is 6.39. The molecule has 0 bridgehead atoms. The Balaban J connectivity index is 1.19. The molecule has 4 heteroatoms. The number of thiophene rings is 1. The van der Waals surface area contributed by atoms with Crippen LogP contribution in [0, 0.1) is 0 Å². The number of fused-ring (bicyclic) bond motifs is 8. The number of benzene rings is 7. The van der Waals surface area contributed by atoms with Crippen LogP contribution < -0.4 is 0 Å². The minimum absolute atomic E-state index is 0.206. The summed E-state index contributed by atoms with van der Waals surface area (Å²) in [6.07, 6.45) is 0. The van der Waals surface area contributed by atoms with Crippen molar-refractivity contribution in [3.63, 3.8) is 0 Å². The standard InChI is InChI=1S/C46H31N3S/c1-46(2)39-17-8-6-13-33(39)35-15-10-16-37(41(35)46)45-48-43(31-22-19-29(20-23-31)28-11-4-3-5-12-28)47-44(49-45)32-24-21-30-25-26-36-34-14-7-9-18-40(34)50-42(36)38(30)27-32/h3-27H,1-2H3. The lowest BCUT2D eigenvalue weighted by molar-refractivity contribution is 0.661. The molecule has 1 aliphatic carbocycles. The first kappa shape index (κ1) is 29.0. The molecule has 0 saturated heterocycles. The zero-order valence-electron chi connectivity index (χ0n) is 27.7. The second-order valence-electron chi connectivity index (χ2n) is 13.6. The minimum atomic E-state index is -0.206. The number of nitrogens with zero attached hydrogens (tertiary/aromatic N) is 3. The van der Waals surface area contributed by atoms with Crippen molar-refractivity contribution < 1.29 is 0 Å².